The summed E-state index contributed by atoms with van der Waals surface area (Å²) in [6, 6.07) is 8.07. The van der Waals surface area contributed by atoms with E-state index in [1.807, 2.05) is 25.2 Å². The lowest BCUT2D eigenvalue weighted by atomic mass is 9.96. The smallest absolute Gasteiger partial charge is 0.0488 e. The van der Waals surface area contributed by atoms with Gasteiger partial charge in [-0.05, 0) is 36.9 Å². The number of halogens is 1. The van der Waals surface area contributed by atoms with Crippen molar-refractivity contribution in [3.63, 3.8) is 0 Å². The number of likely N-dealkylation sites (N-methyl/N-ethyl adjacent to an activating group) is 1. The molecular formula is C15H24ClNO. The molecule has 1 unspecified atom stereocenters. The molecule has 0 aromatic heterocycles. The second kappa shape index (κ2) is 8.52. The van der Waals surface area contributed by atoms with Gasteiger partial charge in [0.05, 0.1) is 0 Å². The monoisotopic (exact) mass is 269 g/mol. The SMILES string of the molecule is CNCC(CCOCC(C)C)c1ccccc1Cl. The Kier molecular flexibility index (Phi) is 7.33. The molecule has 0 radical (unpaired) electrons. The van der Waals surface area contributed by atoms with E-state index in [0.717, 1.165) is 31.2 Å². The van der Waals surface area contributed by atoms with Crippen LogP contribution in [-0.4, -0.2) is 26.8 Å². The van der Waals surface area contributed by atoms with E-state index in [-0.39, 0.29) is 0 Å². The molecule has 102 valence electrons. The largest absolute Gasteiger partial charge is 0.381 e. The van der Waals surface area contributed by atoms with Gasteiger partial charge >= 0.3 is 0 Å². The molecule has 0 amide bonds. The van der Waals surface area contributed by atoms with Crippen LogP contribution in [0.4, 0.5) is 0 Å². The average Bonchev–Trinajstić information content (AvgIpc) is 2.34. The van der Waals surface area contributed by atoms with Crippen molar-refractivity contribution in [2.45, 2.75) is 26.2 Å². The van der Waals surface area contributed by atoms with Crippen molar-refractivity contribution in [3.8, 4) is 0 Å². The molecule has 0 aliphatic rings. The summed E-state index contributed by atoms with van der Waals surface area (Å²) in [5.74, 6) is 1.00. The quantitative estimate of drug-likeness (QED) is 0.727. The molecule has 0 bridgehead atoms. The normalized spacial score (nSPS) is 12.9. The maximum absolute atomic E-state index is 6.25. The van der Waals surface area contributed by atoms with E-state index >= 15 is 0 Å². The van der Waals surface area contributed by atoms with Crippen molar-refractivity contribution < 1.29 is 4.74 Å². The van der Waals surface area contributed by atoms with Gasteiger partial charge in [0.1, 0.15) is 0 Å². The van der Waals surface area contributed by atoms with Crippen LogP contribution in [-0.2, 0) is 4.74 Å². The zero-order valence-corrected chi connectivity index (χ0v) is 12.3. The molecule has 18 heavy (non-hydrogen) atoms. The minimum Gasteiger partial charge on any atom is -0.381 e. The van der Waals surface area contributed by atoms with Crippen molar-refractivity contribution in [2.24, 2.45) is 5.92 Å². The fourth-order valence-corrected chi connectivity index (χ4v) is 2.25. The first-order chi connectivity index (χ1) is 8.65. The van der Waals surface area contributed by atoms with Gasteiger partial charge in [0.15, 0.2) is 0 Å². The molecule has 0 spiro atoms. The van der Waals surface area contributed by atoms with Crippen molar-refractivity contribution in [1.29, 1.82) is 0 Å². The van der Waals surface area contributed by atoms with E-state index in [4.69, 9.17) is 16.3 Å². The predicted molar refractivity (Wildman–Crippen MR) is 78.4 cm³/mol. The van der Waals surface area contributed by atoms with Crippen molar-refractivity contribution in [1.82, 2.24) is 5.32 Å². The van der Waals surface area contributed by atoms with Crippen LogP contribution in [0.25, 0.3) is 0 Å². The van der Waals surface area contributed by atoms with Gasteiger partial charge in [-0.2, -0.15) is 0 Å². The number of rotatable bonds is 8. The predicted octanol–water partition coefficient (Wildman–Crippen LogP) is 3.71. The zero-order chi connectivity index (χ0) is 13.4. The average molecular weight is 270 g/mol. The Morgan fingerprint density at radius 3 is 2.61 bits per heavy atom. The number of hydrogen-bond donors (Lipinski definition) is 1. The van der Waals surface area contributed by atoms with Gasteiger partial charge in [-0.25, -0.2) is 0 Å². The molecule has 0 aliphatic heterocycles. The Labute approximate surface area is 116 Å². The number of benzene rings is 1. The molecule has 1 aromatic rings. The van der Waals surface area contributed by atoms with E-state index < -0.39 is 0 Å². The van der Waals surface area contributed by atoms with Gasteiger partial charge in [-0.15, -0.1) is 0 Å². The Hall–Kier alpha value is -0.570. The molecule has 3 heteroatoms. The summed E-state index contributed by atoms with van der Waals surface area (Å²) in [5.41, 5.74) is 1.21. The fourth-order valence-electron chi connectivity index (χ4n) is 1.96. The number of ether oxygens (including phenoxy) is 1. The molecule has 2 nitrogen and oxygen atoms in total. The van der Waals surface area contributed by atoms with Crippen LogP contribution in [0.2, 0.25) is 5.02 Å². The van der Waals surface area contributed by atoms with Crippen LogP contribution in [0, 0.1) is 5.92 Å². The van der Waals surface area contributed by atoms with E-state index in [0.29, 0.717) is 11.8 Å². The van der Waals surface area contributed by atoms with Crippen molar-refractivity contribution in [2.75, 3.05) is 26.8 Å². The van der Waals surface area contributed by atoms with E-state index in [1.165, 1.54) is 5.56 Å². The highest BCUT2D eigenvalue weighted by molar-refractivity contribution is 6.31. The van der Waals surface area contributed by atoms with E-state index in [1.54, 1.807) is 0 Å². The summed E-state index contributed by atoms with van der Waals surface area (Å²) in [4.78, 5) is 0. The molecule has 1 rings (SSSR count). The van der Waals surface area contributed by atoms with Gasteiger partial charge in [0, 0.05) is 24.8 Å². The number of hydrogen-bond acceptors (Lipinski definition) is 2. The Balaban J connectivity index is 2.52. The summed E-state index contributed by atoms with van der Waals surface area (Å²) >= 11 is 6.25. The molecule has 0 saturated heterocycles. The van der Waals surface area contributed by atoms with Crippen LogP contribution in [0.3, 0.4) is 0 Å². The first-order valence-corrected chi connectivity index (χ1v) is 6.99. The highest BCUT2D eigenvalue weighted by Crippen LogP contribution is 2.26. The van der Waals surface area contributed by atoms with Crippen LogP contribution < -0.4 is 5.32 Å². The standard InChI is InChI=1S/C15H24ClNO/c1-12(2)11-18-9-8-13(10-17-3)14-6-4-5-7-15(14)16/h4-7,12-13,17H,8-11H2,1-3H3. The third kappa shape index (κ3) is 5.38. The molecule has 0 fully saturated rings. The van der Waals surface area contributed by atoms with Crippen LogP contribution in [0.1, 0.15) is 31.7 Å². The van der Waals surface area contributed by atoms with Crippen molar-refractivity contribution >= 4 is 11.6 Å². The summed E-state index contributed by atoms with van der Waals surface area (Å²) < 4.78 is 5.66. The van der Waals surface area contributed by atoms with Crippen molar-refractivity contribution in [3.05, 3.63) is 34.9 Å². The summed E-state index contributed by atoms with van der Waals surface area (Å²) in [6.07, 6.45) is 0.997. The van der Waals surface area contributed by atoms with Crippen LogP contribution >= 0.6 is 11.6 Å². The Morgan fingerprint density at radius 1 is 1.28 bits per heavy atom. The Bertz CT molecular complexity index is 341. The van der Waals surface area contributed by atoms with Gasteiger partial charge in [0.2, 0.25) is 0 Å². The van der Waals surface area contributed by atoms with Gasteiger partial charge in [0.25, 0.3) is 0 Å². The number of nitrogens with one attached hydrogen (secondary N) is 1. The molecule has 1 aromatic carbocycles. The first kappa shape index (κ1) is 15.5. The second-order valence-corrected chi connectivity index (χ2v) is 5.44. The van der Waals surface area contributed by atoms with Crippen LogP contribution in [0.15, 0.2) is 24.3 Å². The highest BCUT2D eigenvalue weighted by Gasteiger charge is 2.13. The maximum Gasteiger partial charge on any atom is 0.0488 e. The second-order valence-electron chi connectivity index (χ2n) is 5.03. The minimum absolute atomic E-state index is 0.413. The molecule has 0 saturated carbocycles. The minimum atomic E-state index is 0.413. The van der Waals surface area contributed by atoms with Crippen LogP contribution in [0.5, 0.6) is 0 Å². The molecule has 1 N–H and O–H groups in total. The third-order valence-corrected chi connectivity index (χ3v) is 3.20. The third-order valence-electron chi connectivity index (χ3n) is 2.86. The van der Waals surface area contributed by atoms with E-state index in [2.05, 4.69) is 25.2 Å². The van der Waals surface area contributed by atoms with Gasteiger partial charge in [-0.1, -0.05) is 43.6 Å². The molecule has 0 heterocycles. The maximum atomic E-state index is 6.25. The van der Waals surface area contributed by atoms with Gasteiger partial charge in [-0.3, -0.25) is 0 Å². The summed E-state index contributed by atoms with van der Waals surface area (Å²) in [5, 5.41) is 4.08. The highest BCUT2D eigenvalue weighted by atomic mass is 35.5. The lowest BCUT2D eigenvalue weighted by Crippen LogP contribution is -2.19. The topological polar surface area (TPSA) is 21.3 Å². The zero-order valence-electron chi connectivity index (χ0n) is 11.6. The molecule has 1 atom stereocenters. The fraction of sp³-hybridized carbons (Fsp3) is 0.600. The summed E-state index contributed by atoms with van der Waals surface area (Å²) in [7, 11) is 1.97. The first-order valence-electron chi connectivity index (χ1n) is 6.62. The Morgan fingerprint density at radius 2 is 2.00 bits per heavy atom. The van der Waals surface area contributed by atoms with E-state index in [9.17, 15) is 0 Å². The lowest BCUT2D eigenvalue weighted by Gasteiger charge is -2.18. The molecule has 0 aliphatic carbocycles. The lowest BCUT2D eigenvalue weighted by molar-refractivity contribution is 0.104. The summed E-state index contributed by atoms with van der Waals surface area (Å²) in [6.45, 7) is 6.87. The van der Waals surface area contributed by atoms with Gasteiger partial charge < -0.3 is 10.1 Å². The molecular weight excluding hydrogens is 246 g/mol.